The number of nitrogens with one attached hydrogen (secondary N) is 1. The van der Waals surface area contributed by atoms with Crippen LogP contribution < -0.4 is 10.2 Å². The summed E-state index contributed by atoms with van der Waals surface area (Å²) in [5.41, 5.74) is 2.31. The van der Waals surface area contributed by atoms with Crippen molar-refractivity contribution in [2.24, 2.45) is 0 Å². The number of Topliss-reactive ketones (excluding diaryl/α,β-unsaturated/α-hetero) is 1. The van der Waals surface area contributed by atoms with Crippen molar-refractivity contribution in [3.63, 3.8) is 0 Å². The number of piperidine rings is 1. The molecule has 43 heavy (non-hydrogen) atoms. The van der Waals surface area contributed by atoms with E-state index in [0.29, 0.717) is 59.2 Å². The first kappa shape index (κ1) is 27.1. The van der Waals surface area contributed by atoms with E-state index < -0.39 is 17.6 Å². The second-order valence-corrected chi connectivity index (χ2v) is 11.3. The van der Waals surface area contributed by atoms with E-state index in [1.165, 1.54) is 0 Å². The molecule has 10 heteroatoms. The van der Waals surface area contributed by atoms with Crippen LogP contribution in [0.1, 0.15) is 45.0 Å². The Kier molecular flexibility index (Phi) is 6.64. The molecule has 7 rings (SSSR count). The van der Waals surface area contributed by atoms with E-state index in [4.69, 9.17) is 20.8 Å². The van der Waals surface area contributed by atoms with Crippen LogP contribution in [0.25, 0.3) is 22.4 Å². The predicted octanol–water partition coefficient (Wildman–Crippen LogP) is 6.52. The molecule has 0 radical (unpaired) electrons. The highest BCUT2D eigenvalue weighted by Crippen LogP contribution is 2.45. The molecule has 1 N–H and O–H groups in total. The highest BCUT2D eigenvalue weighted by molar-refractivity contribution is 6.31. The number of halogens is 1. The third-order valence-corrected chi connectivity index (χ3v) is 8.42. The van der Waals surface area contributed by atoms with Gasteiger partial charge in [-0.25, -0.2) is 14.7 Å². The fourth-order valence-electron chi connectivity index (χ4n) is 6.09. The standard InChI is InChI=1S/C33H27ClN4O5/c1-20-29(36-30(42-20)21-7-3-2-4-8-21)28(39)19-37-18-24(23-12-11-22(34)17-27(23)37)31(40)38-26-10-6-5-9-25(26)33(43-32(38)41)13-15-35-16-14-33/h2-12,17-18,35H,13-16,19H2,1H3. The molecule has 0 atom stereocenters. The van der Waals surface area contributed by atoms with Gasteiger partial charge in [0.2, 0.25) is 11.7 Å². The van der Waals surface area contributed by atoms with Gasteiger partial charge in [-0.1, -0.05) is 54.1 Å². The number of hydrogen-bond acceptors (Lipinski definition) is 7. The van der Waals surface area contributed by atoms with E-state index in [2.05, 4.69) is 10.3 Å². The molecule has 2 amide bonds. The lowest BCUT2D eigenvalue weighted by atomic mass is 9.82. The van der Waals surface area contributed by atoms with Gasteiger partial charge in [0.15, 0.2) is 0 Å². The van der Waals surface area contributed by atoms with Crippen LogP contribution >= 0.6 is 11.6 Å². The third kappa shape index (κ3) is 4.61. The number of fused-ring (bicyclic) bond motifs is 3. The van der Waals surface area contributed by atoms with Crippen molar-refractivity contribution in [2.45, 2.75) is 31.9 Å². The minimum absolute atomic E-state index is 0.122. The lowest BCUT2D eigenvalue weighted by Crippen LogP contribution is -2.52. The summed E-state index contributed by atoms with van der Waals surface area (Å²) in [5.74, 6) is -0.0979. The minimum Gasteiger partial charge on any atom is -0.441 e. The Morgan fingerprint density at radius 2 is 1.77 bits per heavy atom. The maximum Gasteiger partial charge on any atom is 0.422 e. The van der Waals surface area contributed by atoms with Crippen LogP contribution in [0.3, 0.4) is 0 Å². The zero-order chi connectivity index (χ0) is 29.7. The maximum atomic E-state index is 14.2. The number of rotatable bonds is 5. The molecule has 9 nitrogen and oxygen atoms in total. The van der Waals surface area contributed by atoms with Crippen molar-refractivity contribution < 1.29 is 23.5 Å². The molecule has 0 saturated carbocycles. The van der Waals surface area contributed by atoms with Gasteiger partial charge in [-0.3, -0.25) is 9.59 Å². The fraction of sp³-hybridized carbons (Fsp3) is 0.212. The fourth-order valence-corrected chi connectivity index (χ4v) is 6.26. The van der Waals surface area contributed by atoms with E-state index >= 15 is 0 Å². The molecular formula is C33H27ClN4O5. The average Bonchev–Trinajstić information content (AvgIpc) is 3.58. The molecule has 2 aliphatic heterocycles. The van der Waals surface area contributed by atoms with Gasteiger partial charge in [0.05, 0.1) is 23.3 Å². The average molecular weight is 595 g/mol. The Labute approximate surface area is 252 Å². The first-order valence-electron chi connectivity index (χ1n) is 14.1. The van der Waals surface area contributed by atoms with Gasteiger partial charge < -0.3 is 19.0 Å². The smallest absolute Gasteiger partial charge is 0.422 e. The Bertz CT molecular complexity index is 1910. The summed E-state index contributed by atoms with van der Waals surface area (Å²) >= 11 is 6.35. The van der Waals surface area contributed by atoms with Gasteiger partial charge in [-0.2, -0.15) is 0 Å². The van der Waals surface area contributed by atoms with Gasteiger partial charge in [0.1, 0.15) is 17.1 Å². The SMILES string of the molecule is Cc1oc(-c2ccccc2)nc1C(=O)Cn1cc(C(=O)N2C(=O)OC3(CCNCC3)c3ccccc32)c2ccc(Cl)cc21. The lowest BCUT2D eigenvalue weighted by molar-refractivity contribution is -0.0170. The molecule has 2 aliphatic rings. The molecule has 0 unspecified atom stereocenters. The van der Waals surface area contributed by atoms with Gasteiger partial charge in [0.25, 0.3) is 5.91 Å². The van der Waals surface area contributed by atoms with Gasteiger partial charge in [-0.05, 0) is 50.3 Å². The highest BCUT2D eigenvalue weighted by Gasteiger charge is 2.47. The molecule has 1 saturated heterocycles. The number of aryl methyl sites for hydroxylation is 1. The molecule has 216 valence electrons. The van der Waals surface area contributed by atoms with Crippen molar-refractivity contribution in [3.8, 4) is 11.5 Å². The zero-order valence-electron chi connectivity index (χ0n) is 23.3. The summed E-state index contributed by atoms with van der Waals surface area (Å²) in [6.45, 7) is 2.98. The second-order valence-electron chi connectivity index (χ2n) is 10.8. The molecule has 3 aromatic carbocycles. The van der Waals surface area contributed by atoms with E-state index in [9.17, 15) is 14.4 Å². The molecular weight excluding hydrogens is 568 g/mol. The second kappa shape index (κ2) is 10.5. The van der Waals surface area contributed by atoms with Crippen molar-refractivity contribution in [2.75, 3.05) is 18.0 Å². The van der Waals surface area contributed by atoms with Crippen molar-refractivity contribution in [3.05, 3.63) is 107 Å². The van der Waals surface area contributed by atoms with Crippen LogP contribution in [-0.4, -0.2) is 40.4 Å². The van der Waals surface area contributed by atoms with Crippen LogP contribution in [-0.2, 0) is 16.9 Å². The van der Waals surface area contributed by atoms with Crippen LogP contribution in [0.15, 0.2) is 83.4 Å². The molecule has 0 bridgehead atoms. The lowest BCUT2D eigenvalue weighted by Gasteiger charge is -2.44. The van der Waals surface area contributed by atoms with Crippen molar-refractivity contribution >= 4 is 46.0 Å². The van der Waals surface area contributed by atoms with E-state index in [-0.39, 0.29) is 23.6 Å². The maximum absolute atomic E-state index is 14.2. The molecule has 2 aromatic heterocycles. The number of hydrogen-bond donors (Lipinski definition) is 1. The van der Waals surface area contributed by atoms with Crippen LogP contribution in [0.4, 0.5) is 10.5 Å². The number of ketones is 1. The zero-order valence-corrected chi connectivity index (χ0v) is 24.1. The summed E-state index contributed by atoms with van der Waals surface area (Å²) in [6, 6.07) is 21.8. The number of imide groups is 1. The topological polar surface area (TPSA) is 107 Å². The van der Waals surface area contributed by atoms with Gasteiger partial charge in [-0.15, -0.1) is 0 Å². The van der Waals surface area contributed by atoms with E-state index in [0.717, 1.165) is 16.0 Å². The molecule has 5 aromatic rings. The number of amides is 2. The number of anilines is 1. The van der Waals surface area contributed by atoms with Crippen molar-refractivity contribution in [1.82, 2.24) is 14.9 Å². The summed E-state index contributed by atoms with van der Waals surface area (Å²) in [4.78, 5) is 46.8. The monoisotopic (exact) mass is 594 g/mol. The van der Waals surface area contributed by atoms with Crippen LogP contribution in [0.2, 0.25) is 5.02 Å². The number of oxazole rings is 1. The number of carbonyl (C=O) groups excluding carboxylic acids is 3. The molecule has 1 spiro atoms. The minimum atomic E-state index is -0.780. The van der Waals surface area contributed by atoms with E-state index in [1.54, 1.807) is 48.0 Å². The van der Waals surface area contributed by atoms with Crippen LogP contribution in [0.5, 0.6) is 0 Å². The largest absolute Gasteiger partial charge is 0.441 e. The number of carbonyl (C=O) groups is 3. The summed E-state index contributed by atoms with van der Waals surface area (Å²) in [5, 5.41) is 4.30. The number of benzene rings is 3. The van der Waals surface area contributed by atoms with Gasteiger partial charge >= 0.3 is 6.09 Å². The number of ether oxygens (including phenoxy) is 1. The third-order valence-electron chi connectivity index (χ3n) is 8.19. The number of para-hydroxylation sites is 1. The molecule has 4 heterocycles. The van der Waals surface area contributed by atoms with Crippen LogP contribution in [0, 0.1) is 6.92 Å². The van der Waals surface area contributed by atoms with Crippen molar-refractivity contribution in [1.29, 1.82) is 0 Å². The molecule has 1 fully saturated rings. The summed E-state index contributed by atoms with van der Waals surface area (Å²) < 4.78 is 13.5. The number of aromatic nitrogens is 2. The van der Waals surface area contributed by atoms with Gasteiger partial charge in [0, 0.05) is 40.6 Å². The normalized spacial score (nSPS) is 15.9. The Morgan fingerprint density at radius 1 is 1.02 bits per heavy atom. The Balaban J connectivity index is 1.26. The quantitative estimate of drug-likeness (QED) is 0.231. The first-order valence-corrected chi connectivity index (χ1v) is 14.4. The Hall–Kier alpha value is -4.73. The highest BCUT2D eigenvalue weighted by atomic mass is 35.5. The summed E-state index contributed by atoms with van der Waals surface area (Å²) in [7, 11) is 0. The molecule has 0 aliphatic carbocycles. The predicted molar refractivity (Wildman–Crippen MR) is 161 cm³/mol. The Morgan fingerprint density at radius 3 is 2.56 bits per heavy atom. The summed E-state index contributed by atoms with van der Waals surface area (Å²) in [6.07, 6.45) is 2.10. The van der Waals surface area contributed by atoms with E-state index in [1.807, 2.05) is 42.5 Å². The number of nitrogens with zero attached hydrogens (tertiary/aromatic N) is 3. The first-order chi connectivity index (χ1) is 20.8.